The zero-order valence-electron chi connectivity index (χ0n) is 21.0. The summed E-state index contributed by atoms with van der Waals surface area (Å²) in [6.07, 6.45) is 0. The largest absolute Gasteiger partial charge is 0.493 e. The van der Waals surface area contributed by atoms with Crippen LogP contribution in [0.25, 0.3) is 0 Å². The number of nitro groups is 1. The first kappa shape index (κ1) is 26.0. The number of rotatable bonds is 8. The molecule has 0 fully saturated rings. The van der Waals surface area contributed by atoms with Crippen LogP contribution < -0.4 is 24.7 Å². The Hall–Kier alpha value is -5.04. The lowest BCUT2D eigenvalue weighted by Gasteiger charge is -2.27. The minimum atomic E-state index is -0.774. The highest BCUT2D eigenvalue weighted by molar-refractivity contribution is 5.91. The molecule has 38 heavy (non-hydrogen) atoms. The number of non-ortho nitro benzene ring substituents is 1. The van der Waals surface area contributed by atoms with E-state index in [2.05, 4.69) is 6.07 Å². The molecule has 0 aromatic heterocycles. The summed E-state index contributed by atoms with van der Waals surface area (Å²) in [4.78, 5) is 23.0. The molecule has 10 heteroatoms. The van der Waals surface area contributed by atoms with Crippen molar-refractivity contribution >= 4 is 11.7 Å². The lowest BCUT2D eigenvalue weighted by Crippen LogP contribution is -2.21. The first-order chi connectivity index (χ1) is 18.2. The van der Waals surface area contributed by atoms with Crippen molar-refractivity contribution in [1.82, 2.24) is 0 Å². The topological polar surface area (TPSA) is 147 Å². The van der Waals surface area contributed by atoms with Gasteiger partial charge in [0.25, 0.3) is 5.69 Å². The molecule has 3 aromatic carbocycles. The highest BCUT2D eigenvalue weighted by Gasteiger charge is 2.32. The summed E-state index contributed by atoms with van der Waals surface area (Å²) in [5.41, 5.74) is 7.48. The smallest absolute Gasteiger partial charge is 0.343 e. The van der Waals surface area contributed by atoms with Gasteiger partial charge in [0.1, 0.15) is 23.1 Å². The summed E-state index contributed by atoms with van der Waals surface area (Å²) < 4.78 is 22.5. The molecule has 3 aromatic rings. The predicted octanol–water partition coefficient (Wildman–Crippen LogP) is 5.08. The third-order valence-electron chi connectivity index (χ3n) is 5.79. The minimum Gasteiger partial charge on any atom is -0.493 e. The van der Waals surface area contributed by atoms with E-state index in [9.17, 15) is 20.2 Å². The maximum Gasteiger partial charge on any atom is 0.343 e. The monoisotopic (exact) mass is 515 g/mol. The van der Waals surface area contributed by atoms with E-state index in [1.807, 2.05) is 19.9 Å². The van der Waals surface area contributed by atoms with Crippen molar-refractivity contribution in [1.29, 1.82) is 5.26 Å². The van der Waals surface area contributed by atoms with Crippen LogP contribution in [0.4, 0.5) is 5.69 Å². The molecule has 0 aliphatic carbocycles. The normalized spacial score (nSPS) is 14.2. The zero-order valence-corrected chi connectivity index (χ0v) is 21.0. The molecule has 0 radical (unpaired) electrons. The molecule has 0 bridgehead atoms. The van der Waals surface area contributed by atoms with Crippen molar-refractivity contribution in [2.75, 3.05) is 13.7 Å². The Labute approximate surface area is 219 Å². The van der Waals surface area contributed by atoms with E-state index in [4.69, 9.17) is 24.7 Å². The number of nitrogens with zero attached hydrogens (tertiary/aromatic N) is 2. The van der Waals surface area contributed by atoms with Gasteiger partial charge in [-0.15, -0.1) is 0 Å². The number of nitrogens with two attached hydrogens (primary N) is 1. The van der Waals surface area contributed by atoms with Gasteiger partial charge in [0, 0.05) is 23.8 Å². The summed E-state index contributed by atoms with van der Waals surface area (Å²) in [6, 6.07) is 17.5. The molecular formula is C28H25N3O7. The number of allylic oxidation sites excluding steroid dienone is 1. The van der Waals surface area contributed by atoms with E-state index in [-0.39, 0.29) is 28.5 Å². The van der Waals surface area contributed by atoms with Crippen LogP contribution >= 0.6 is 0 Å². The standard InChI is InChI=1S/C28H25N3O7/c1-16(2)15-36-23-10-7-17(12-25(23)35-3)26-21-9-8-20(13-24(21)38-27(30)22(26)14-29)37-28(32)18-5-4-6-19(11-18)31(33)34/h4-13,16,26H,15,30H2,1-3H3. The summed E-state index contributed by atoms with van der Waals surface area (Å²) in [6.45, 7) is 4.60. The number of nitro benzene ring substituents is 1. The van der Waals surface area contributed by atoms with Crippen molar-refractivity contribution in [3.8, 4) is 29.1 Å². The first-order valence-electron chi connectivity index (χ1n) is 11.7. The Morgan fingerprint density at radius 3 is 2.63 bits per heavy atom. The third kappa shape index (κ3) is 5.37. The molecule has 0 saturated carbocycles. The molecule has 10 nitrogen and oxygen atoms in total. The second kappa shape index (κ2) is 10.9. The van der Waals surface area contributed by atoms with Gasteiger partial charge in [0.2, 0.25) is 5.88 Å². The number of hydrogen-bond acceptors (Lipinski definition) is 9. The first-order valence-corrected chi connectivity index (χ1v) is 11.7. The van der Waals surface area contributed by atoms with Crippen LogP contribution in [0.3, 0.4) is 0 Å². The SMILES string of the molecule is COc1cc(C2C(C#N)=C(N)Oc3cc(OC(=O)c4cccc([N+](=O)[O-])c4)ccc32)ccc1OCC(C)C. The van der Waals surface area contributed by atoms with Crippen LogP contribution in [0.5, 0.6) is 23.0 Å². The summed E-state index contributed by atoms with van der Waals surface area (Å²) >= 11 is 0. The van der Waals surface area contributed by atoms with Crippen LogP contribution in [0.2, 0.25) is 0 Å². The fourth-order valence-electron chi connectivity index (χ4n) is 3.99. The second-order valence-corrected chi connectivity index (χ2v) is 8.94. The molecule has 194 valence electrons. The van der Waals surface area contributed by atoms with E-state index < -0.39 is 16.8 Å². The third-order valence-corrected chi connectivity index (χ3v) is 5.79. The molecule has 0 spiro atoms. The molecular weight excluding hydrogens is 490 g/mol. The van der Waals surface area contributed by atoms with Gasteiger partial charge in [-0.25, -0.2) is 4.79 Å². The summed E-state index contributed by atoms with van der Waals surface area (Å²) in [5, 5.41) is 20.9. The van der Waals surface area contributed by atoms with Gasteiger partial charge in [-0.05, 0) is 35.7 Å². The average Bonchev–Trinajstić information content (AvgIpc) is 2.90. The van der Waals surface area contributed by atoms with Gasteiger partial charge in [-0.2, -0.15) is 5.26 Å². The summed E-state index contributed by atoms with van der Waals surface area (Å²) in [7, 11) is 1.54. The number of carbonyl (C=O) groups excluding carboxylic acids is 1. The van der Waals surface area contributed by atoms with Gasteiger partial charge in [0.15, 0.2) is 11.5 Å². The van der Waals surface area contributed by atoms with Crippen LogP contribution in [0.15, 0.2) is 72.1 Å². The van der Waals surface area contributed by atoms with Crippen LogP contribution in [0, 0.1) is 27.4 Å². The van der Waals surface area contributed by atoms with Gasteiger partial charge in [-0.1, -0.05) is 32.0 Å². The molecule has 4 rings (SSSR count). The number of ether oxygens (including phenoxy) is 4. The molecule has 0 amide bonds. The average molecular weight is 516 g/mol. The van der Waals surface area contributed by atoms with Gasteiger partial charge in [-0.3, -0.25) is 10.1 Å². The van der Waals surface area contributed by atoms with Gasteiger partial charge in [0.05, 0.1) is 30.1 Å². The Morgan fingerprint density at radius 1 is 1.16 bits per heavy atom. The number of methoxy groups -OCH3 is 1. The second-order valence-electron chi connectivity index (χ2n) is 8.94. The van der Waals surface area contributed by atoms with Crippen molar-refractivity contribution in [2.45, 2.75) is 19.8 Å². The Morgan fingerprint density at radius 2 is 1.95 bits per heavy atom. The number of carbonyl (C=O) groups is 1. The number of benzene rings is 3. The zero-order chi connectivity index (χ0) is 27.4. The fraction of sp³-hybridized carbons (Fsp3) is 0.214. The predicted molar refractivity (Wildman–Crippen MR) is 137 cm³/mol. The van der Waals surface area contributed by atoms with Crippen molar-refractivity contribution in [2.24, 2.45) is 11.7 Å². The Kier molecular flexibility index (Phi) is 7.48. The molecule has 2 N–H and O–H groups in total. The maximum absolute atomic E-state index is 12.6. The van der Waals surface area contributed by atoms with Crippen LogP contribution in [-0.4, -0.2) is 24.6 Å². The van der Waals surface area contributed by atoms with Crippen molar-refractivity contribution in [3.05, 3.63) is 98.9 Å². The van der Waals surface area contributed by atoms with E-state index in [1.165, 1.54) is 31.4 Å². The van der Waals surface area contributed by atoms with E-state index in [0.717, 1.165) is 11.6 Å². The lowest BCUT2D eigenvalue weighted by molar-refractivity contribution is -0.384. The van der Waals surface area contributed by atoms with Crippen molar-refractivity contribution in [3.63, 3.8) is 0 Å². The molecule has 1 aliphatic heterocycles. The number of esters is 1. The molecule has 1 unspecified atom stereocenters. The lowest BCUT2D eigenvalue weighted by atomic mass is 9.83. The Balaban J connectivity index is 1.66. The van der Waals surface area contributed by atoms with E-state index in [0.29, 0.717) is 35.3 Å². The van der Waals surface area contributed by atoms with Crippen molar-refractivity contribution < 1.29 is 28.7 Å². The highest BCUT2D eigenvalue weighted by atomic mass is 16.6. The summed E-state index contributed by atoms with van der Waals surface area (Å²) in [5.74, 6) is 0.436. The van der Waals surface area contributed by atoms with Crippen LogP contribution in [-0.2, 0) is 0 Å². The van der Waals surface area contributed by atoms with Gasteiger partial charge < -0.3 is 24.7 Å². The molecule has 1 heterocycles. The molecule has 1 atom stereocenters. The number of nitriles is 1. The quantitative estimate of drug-likeness (QED) is 0.188. The number of fused-ring (bicyclic) bond motifs is 1. The highest BCUT2D eigenvalue weighted by Crippen LogP contribution is 2.45. The molecule has 1 aliphatic rings. The molecule has 0 saturated heterocycles. The van der Waals surface area contributed by atoms with E-state index >= 15 is 0 Å². The minimum absolute atomic E-state index is 0.0220. The van der Waals surface area contributed by atoms with Crippen LogP contribution in [0.1, 0.15) is 41.3 Å². The fourth-order valence-corrected chi connectivity index (χ4v) is 3.99. The Bertz CT molecular complexity index is 1470. The maximum atomic E-state index is 12.6. The number of hydrogen-bond donors (Lipinski definition) is 1. The van der Waals surface area contributed by atoms with E-state index in [1.54, 1.807) is 24.3 Å². The van der Waals surface area contributed by atoms with Gasteiger partial charge >= 0.3 is 5.97 Å².